The summed E-state index contributed by atoms with van der Waals surface area (Å²) in [6, 6.07) is 5.93. The van der Waals surface area contributed by atoms with Gasteiger partial charge in [-0.1, -0.05) is 25.8 Å². The number of esters is 1. The van der Waals surface area contributed by atoms with Gasteiger partial charge >= 0.3 is 5.97 Å². The van der Waals surface area contributed by atoms with Crippen molar-refractivity contribution in [2.45, 2.75) is 33.1 Å². The van der Waals surface area contributed by atoms with Crippen LogP contribution in [0.3, 0.4) is 0 Å². The molecule has 0 saturated heterocycles. The van der Waals surface area contributed by atoms with E-state index in [2.05, 4.69) is 6.92 Å². The Balaban J connectivity index is 3.00. The van der Waals surface area contributed by atoms with Crippen molar-refractivity contribution in [3.63, 3.8) is 0 Å². The van der Waals surface area contributed by atoms with E-state index in [-0.39, 0.29) is 5.69 Å². The molecule has 20 heavy (non-hydrogen) atoms. The lowest BCUT2D eigenvalue weighted by molar-refractivity contribution is -0.384. The zero-order valence-electron chi connectivity index (χ0n) is 11.8. The van der Waals surface area contributed by atoms with Crippen LogP contribution in [0.1, 0.15) is 38.7 Å². The van der Waals surface area contributed by atoms with Gasteiger partial charge in [0.05, 0.1) is 17.1 Å². The molecule has 0 heterocycles. The molecule has 108 valence electrons. The summed E-state index contributed by atoms with van der Waals surface area (Å²) in [5, 5.41) is 10.6. The molecule has 0 aliphatic carbocycles. The molecular weight excluding hydrogens is 258 g/mol. The Hall–Kier alpha value is -2.17. The zero-order valence-corrected chi connectivity index (χ0v) is 11.8. The largest absolute Gasteiger partial charge is 0.462 e. The number of nitro groups is 1. The van der Waals surface area contributed by atoms with E-state index < -0.39 is 10.9 Å². The summed E-state index contributed by atoms with van der Waals surface area (Å²) in [5.41, 5.74) is 1.12. The van der Waals surface area contributed by atoms with Gasteiger partial charge in [0, 0.05) is 12.1 Å². The van der Waals surface area contributed by atoms with Gasteiger partial charge in [0.15, 0.2) is 0 Å². The predicted molar refractivity (Wildman–Crippen MR) is 77.2 cm³/mol. The van der Waals surface area contributed by atoms with Crippen LogP contribution in [-0.2, 0) is 9.53 Å². The molecule has 0 N–H and O–H groups in total. The average Bonchev–Trinajstić information content (AvgIpc) is 2.44. The van der Waals surface area contributed by atoms with Crippen LogP contribution in [0.15, 0.2) is 30.3 Å². The van der Waals surface area contributed by atoms with Gasteiger partial charge in [-0.05, 0) is 31.0 Å². The van der Waals surface area contributed by atoms with Gasteiger partial charge < -0.3 is 4.74 Å². The third kappa shape index (κ3) is 4.50. The van der Waals surface area contributed by atoms with Crippen LogP contribution in [0.4, 0.5) is 5.69 Å². The van der Waals surface area contributed by atoms with Crippen molar-refractivity contribution in [1.82, 2.24) is 0 Å². The third-order valence-corrected chi connectivity index (χ3v) is 2.79. The van der Waals surface area contributed by atoms with Gasteiger partial charge in [-0.2, -0.15) is 0 Å². The highest BCUT2D eigenvalue weighted by atomic mass is 16.6. The average molecular weight is 277 g/mol. The van der Waals surface area contributed by atoms with Crippen LogP contribution < -0.4 is 0 Å². The zero-order chi connectivity index (χ0) is 15.0. The minimum atomic E-state index is -0.464. The normalized spacial score (nSPS) is 11.2. The first-order valence-electron chi connectivity index (χ1n) is 6.72. The fourth-order valence-corrected chi connectivity index (χ4v) is 1.74. The van der Waals surface area contributed by atoms with Gasteiger partial charge in [-0.3, -0.25) is 10.1 Å². The minimum absolute atomic E-state index is 0.00511. The summed E-state index contributed by atoms with van der Waals surface area (Å²) in [5.74, 6) is -0.391. The van der Waals surface area contributed by atoms with Crippen LogP contribution >= 0.6 is 0 Å². The van der Waals surface area contributed by atoms with Crippen LogP contribution in [0.2, 0.25) is 0 Å². The molecule has 1 rings (SSSR count). The second-order valence-corrected chi connectivity index (χ2v) is 4.28. The minimum Gasteiger partial charge on any atom is -0.462 e. The number of rotatable bonds is 7. The fourth-order valence-electron chi connectivity index (χ4n) is 1.74. The molecule has 0 amide bonds. The SMILES string of the molecule is CCCC/C=C(\C(=O)OCC)c1ccc([N+](=O)[O-])cc1. The van der Waals surface area contributed by atoms with Crippen molar-refractivity contribution in [2.24, 2.45) is 0 Å². The monoisotopic (exact) mass is 277 g/mol. The Morgan fingerprint density at radius 3 is 2.45 bits per heavy atom. The summed E-state index contributed by atoms with van der Waals surface area (Å²) in [7, 11) is 0. The number of ether oxygens (including phenoxy) is 1. The molecule has 0 spiro atoms. The van der Waals surface area contributed by atoms with E-state index in [1.54, 1.807) is 19.1 Å². The Bertz CT molecular complexity index is 491. The number of carbonyl (C=O) groups is 1. The summed E-state index contributed by atoms with van der Waals surface area (Å²) >= 11 is 0. The maximum absolute atomic E-state index is 11.9. The molecule has 5 heteroatoms. The number of allylic oxidation sites excluding steroid dienone is 1. The topological polar surface area (TPSA) is 69.4 Å². The number of nitrogens with zero attached hydrogens (tertiary/aromatic N) is 1. The first-order valence-corrected chi connectivity index (χ1v) is 6.72. The molecule has 5 nitrogen and oxygen atoms in total. The maximum Gasteiger partial charge on any atom is 0.338 e. The quantitative estimate of drug-likeness (QED) is 0.250. The number of benzene rings is 1. The number of hydrogen-bond acceptors (Lipinski definition) is 4. The van der Waals surface area contributed by atoms with Gasteiger partial charge in [-0.25, -0.2) is 4.79 Å². The van der Waals surface area contributed by atoms with Crippen molar-refractivity contribution < 1.29 is 14.5 Å². The van der Waals surface area contributed by atoms with Gasteiger partial charge in [0.2, 0.25) is 0 Å². The standard InChI is InChI=1S/C15H19NO4/c1-3-5-6-7-14(15(17)20-4-2)12-8-10-13(11-9-12)16(18)19/h7-11H,3-6H2,1-2H3/b14-7-. The Morgan fingerprint density at radius 1 is 1.30 bits per heavy atom. The molecule has 0 radical (unpaired) electrons. The second-order valence-electron chi connectivity index (χ2n) is 4.28. The lowest BCUT2D eigenvalue weighted by Crippen LogP contribution is -2.07. The molecule has 1 aromatic rings. The highest BCUT2D eigenvalue weighted by Gasteiger charge is 2.14. The molecular formula is C15H19NO4. The van der Waals surface area contributed by atoms with Crippen molar-refractivity contribution in [1.29, 1.82) is 0 Å². The van der Waals surface area contributed by atoms with Crippen LogP contribution in [0.25, 0.3) is 5.57 Å². The summed E-state index contributed by atoms with van der Waals surface area (Å²) in [6.07, 6.45) is 4.63. The Labute approximate surface area is 118 Å². The van der Waals surface area contributed by atoms with Crippen molar-refractivity contribution in [2.75, 3.05) is 6.61 Å². The van der Waals surface area contributed by atoms with Gasteiger partial charge in [-0.15, -0.1) is 0 Å². The lowest BCUT2D eigenvalue weighted by Gasteiger charge is -2.07. The predicted octanol–water partition coefficient (Wildman–Crippen LogP) is 3.73. The van der Waals surface area contributed by atoms with Crippen LogP contribution in [0, 0.1) is 10.1 Å². The first-order chi connectivity index (χ1) is 9.60. The maximum atomic E-state index is 11.9. The van der Waals surface area contributed by atoms with Crippen molar-refractivity contribution in [3.8, 4) is 0 Å². The van der Waals surface area contributed by atoms with Gasteiger partial charge in [0.25, 0.3) is 5.69 Å². The fraction of sp³-hybridized carbons (Fsp3) is 0.400. The smallest absolute Gasteiger partial charge is 0.338 e. The molecule has 0 aliphatic heterocycles. The number of unbranched alkanes of at least 4 members (excludes halogenated alkanes) is 2. The molecule has 0 bridgehead atoms. The first kappa shape index (κ1) is 15.9. The molecule has 0 unspecified atom stereocenters. The van der Waals surface area contributed by atoms with E-state index in [4.69, 9.17) is 4.74 Å². The molecule has 0 saturated carbocycles. The number of nitro benzene ring substituents is 1. The molecule has 0 atom stereocenters. The van der Waals surface area contributed by atoms with E-state index >= 15 is 0 Å². The highest BCUT2D eigenvalue weighted by molar-refractivity contribution is 6.16. The van der Waals surface area contributed by atoms with Crippen LogP contribution in [0.5, 0.6) is 0 Å². The van der Waals surface area contributed by atoms with Gasteiger partial charge in [0.1, 0.15) is 0 Å². The van der Waals surface area contributed by atoms with Crippen molar-refractivity contribution in [3.05, 3.63) is 46.0 Å². The van der Waals surface area contributed by atoms with Crippen LogP contribution in [-0.4, -0.2) is 17.5 Å². The number of hydrogen-bond donors (Lipinski definition) is 0. The molecule has 0 fully saturated rings. The number of non-ortho nitro benzene ring substituents is 1. The van der Waals surface area contributed by atoms with E-state index in [9.17, 15) is 14.9 Å². The third-order valence-electron chi connectivity index (χ3n) is 2.79. The number of carbonyl (C=O) groups excluding carboxylic acids is 1. The van der Waals surface area contributed by atoms with E-state index in [1.165, 1.54) is 12.1 Å². The molecule has 0 aliphatic rings. The Morgan fingerprint density at radius 2 is 1.95 bits per heavy atom. The summed E-state index contributed by atoms with van der Waals surface area (Å²) in [6.45, 7) is 4.12. The highest BCUT2D eigenvalue weighted by Crippen LogP contribution is 2.21. The molecule has 0 aromatic heterocycles. The lowest BCUT2D eigenvalue weighted by atomic mass is 10.0. The van der Waals surface area contributed by atoms with E-state index in [0.29, 0.717) is 17.7 Å². The molecule has 1 aromatic carbocycles. The Kier molecular flexibility index (Phi) is 6.43. The summed E-state index contributed by atoms with van der Waals surface area (Å²) < 4.78 is 5.03. The summed E-state index contributed by atoms with van der Waals surface area (Å²) in [4.78, 5) is 22.1. The van der Waals surface area contributed by atoms with Crippen molar-refractivity contribution >= 4 is 17.2 Å². The van der Waals surface area contributed by atoms with E-state index in [0.717, 1.165) is 19.3 Å². The van der Waals surface area contributed by atoms with E-state index in [1.807, 2.05) is 6.08 Å². The second kappa shape index (κ2) is 8.09.